The Bertz CT molecular complexity index is 423. The minimum absolute atomic E-state index is 0.398. The van der Waals surface area contributed by atoms with E-state index in [2.05, 4.69) is 0 Å². The van der Waals surface area contributed by atoms with Crippen LogP contribution < -0.4 is 9.47 Å². The number of carboxylic acid groups (broad SMARTS) is 1. The predicted octanol–water partition coefficient (Wildman–Crippen LogP) is 1.51. The fourth-order valence-electron chi connectivity index (χ4n) is 1.24. The maximum Gasteiger partial charge on any atom is 0.328 e. The van der Waals surface area contributed by atoms with Crippen molar-refractivity contribution in [2.75, 3.05) is 7.11 Å². The zero-order chi connectivity index (χ0) is 12.8. The number of aliphatic carboxylic acids is 1. The van der Waals surface area contributed by atoms with Crippen molar-refractivity contribution in [3.05, 3.63) is 29.8 Å². The Morgan fingerprint density at radius 2 is 2.12 bits per heavy atom. The van der Waals surface area contributed by atoms with Gasteiger partial charge in [0.25, 0.3) is 0 Å². The molecule has 1 unspecified atom stereocenters. The standard InChI is InChI=1S/C12H14O5/c1-8(13)17-10-5-3-9(4-6-12(14)15)7-11(10)16-2/h3-8,13H,1-2H3,(H,14,15)/b6-4+. The Labute approximate surface area is 98.9 Å². The minimum Gasteiger partial charge on any atom is -0.493 e. The van der Waals surface area contributed by atoms with Crippen LogP contribution in [0.5, 0.6) is 11.5 Å². The molecular formula is C12H14O5. The van der Waals surface area contributed by atoms with Crippen LogP contribution in [-0.4, -0.2) is 29.6 Å². The lowest BCUT2D eigenvalue weighted by atomic mass is 10.2. The molecule has 0 aliphatic carbocycles. The average Bonchev–Trinajstić information content (AvgIpc) is 2.26. The van der Waals surface area contributed by atoms with Gasteiger partial charge in [-0.1, -0.05) is 6.07 Å². The lowest BCUT2D eigenvalue weighted by Crippen LogP contribution is -2.10. The van der Waals surface area contributed by atoms with Gasteiger partial charge in [-0.25, -0.2) is 4.79 Å². The third-order valence-corrected chi connectivity index (χ3v) is 1.90. The van der Waals surface area contributed by atoms with E-state index < -0.39 is 12.3 Å². The molecule has 0 bridgehead atoms. The summed E-state index contributed by atoms with van der Waals surface area (Å²) in [5.74, 6) is -0.193. The van der Waals surface area contributed by atoms with E-state index in [1.807, 2.05) is 0 Å². The van der Waals surface area contributed by atoms with Crippen LogP contribution in [0.3, 0.4) is 0 Å². The number of hydrogen-bond acceptors (Lipinski definition) is 4. The van der Waals surface area contributed by atoms with Gasteiger partial charge < -0.3 is 19.7 Å². The van der Waals surface area contributed by atoms with Crippen molar-refractivity contribution in [3.8, 4) is 11.5 Å². The lowest BCUT2D eigenvalue weighted by Gasteiger charge is -2.12. The third-order valence-electron chi connectivity index (χ3n) is 1.90. The number of rotatable bonds is 5. The van der Waals surface area contributed by atoms with Crippen molar-refractivity contribution in [2.45, 2.75) is 13.2 Å². The molecule has 0 saturated carbocycles. The van der Waals surface area contributed by atoms with E-state index in [9.17, 15) is 4.79 Å². The van der Waals surface area contributed by atoms with Crippen LogP contribution in [0.1, 0.15) is 12.5 Å². The molecule has 5 heteroatoms. The van der Waals surface area contributed by atoms with E-state index in [0.29, 0.717) is 17.1 Å². The molecule has 17 heavy (non-hydrogen) atoms. The van der Waals surface area contributed by atoms with E-state index in [4.69, 9.17) is 19.7 Å². The molecule has 0 spiro atoms. The largest absolute Gasteiger partial charge is 0.493 e. The van der Waals surface area contributed by atoms with Crippen molar-refractivity contribution in [1.82, 2.24) is 0 Å². The molecule has 0 saturated heterocycles. The summed E-state index contributed by atoms with van der Waals surface area (Å²) < 4.78 is 10.2. The zero-order valence-corrected chi connectivity index (χ0v) is 9.58. The fraction of sp³-hybridized carbons (Fsp3) is 0.250. The van der Waals surface area contributed by atoms with Crippen LogP contribution in [0.15, 0.2) is 24.3 Å². The maximum atomic E-state index is 10.4. The summed E-state index contributed by atoms with van der Waals surface area (Å²) in [5.41, 5.74) is 0.669. The van der Waals surface area contributed by atoms with Crippen molar-refractivity contribution >= 4 is 12.0 Å². The first kappa shape index (κ1) is 13.1. The van der Waals surface area contributed by atoms with E-state index in [0.717, 1.165) is 6.08 Å². The first-order valence-corrected chi connectivity index (χ1v) is 4.96. The number of hydrogen-bond donors (Lipinski definition) is 2. The molecule has 0 heterocycles. The normalized spacial score (nSPS) is 12.4. The van der Waals surface area contributed by atoms with Gasteiger partial charge in [-0.15, -0.1) is 0 Å². The fourth-order valence-corrected chi connectivity index (χ4v) is 1.24. The van der Waals surface area contributed by atoms with Crippen molar-refractivity contribution in [2.24, 2.45) is 0 Å². The molecule has 1 rings (SSSR count). The van der Waals surface area contributed by atoms with Crippen molar-refractivity contribution in [3.63, 3.8) is 0 Å². The van der Waals surface area contributed by atoms with Crippen LogP contribution >= 0.6 is 0 Å². The molecule has 1 aromatic carbocycles. The number of carboxylic acids is 1. The average molecular weight is 238 g/mol. The van der Waals surface area contributed by atoms with Gasteiger partial charge in [-0.3, -0.25) is 0 Å². The van der Waals surface area contributed by atoms with E-state index in [1.54, 1.807) is 18.2 Å². The Morgan fingerprint density at radius 1 is 1.41 bits per heavy atom. The molecule has 0 fully saturated rings. The lowest BCUT2D eigenvalue weighted by molar-refractivity contribution is -0.131. The maximum absolute atomic E-state index is 10.4. The molecular weight excluding hydrogens is 224 g/mol. The number of aliphatic hydroxyl groups is 1. The molecule has 2 N–H and O–H groups in total. The highest BCUT2D eigenvalue weighted by atomic mass is 16.6. The smallest absolute Gasteiger partial charge is 0.328 e. The van der Waals surface area contributed by atoms with Gasteiger partial charge in [-0.2, -0.15) is 0 Å². The first-order valence-electron chi connectivity index (χ1n) is 4.96. The van der Waals surface area contributed by atoms with Gasteiger partial charge >= 0.3 is 5.97 Å². The van der Waals surface area contributed by atoms with E-state index in [-0.39, 0.29) is 0 Å². The summed E-state index contributed by atoms with van der Waals surface area (Å²) in [6.45, 7) is 1.48. The van der Waals surface area contributed by atoms with Crippen LogP contribution in [0.2, 0.25) is 0 Å². The number of aliphatic hydroxyl groups excluding tert-OH is 1. The highest BCUT2D eigenvalue weighted by Gasteiger charge is 2.07. The Kier molecular flexibility index (Phi) is 4.54. The highest BCUT2D eigenvalue weighted by molar-refractivity contribution is 5.85. The van der Waals surface area contributed by atoms with Crippen molar-refractivity contribution in [1.29, 1.82) is 0 Å². The molecule has 1 atom stereocenters. The molecule has 0 aliphatic rings. The molecule has 0 aromatic heterocycles. The zero-order valence-electron chi connectivity index (χ0n) is 9.58. The van der Waals surface area contributed by atoms with E-state index in [1.165, 1.54) is 20.1 Å². The number of ether oxygens (including phenoxy) is 2. The van der Waals surface area contributed by atoms with Crippen LogP contribution in [0.4, 0.5) is 0 Å². The van der Waals surface area contributed by atoms with Crippen LogP contribution in [0.25, 0.3) is 6.08 Å². The SMILES string of the molecule is COc1cc(/C=C/C(=O)O)ccc1OC(C)O. The summed E-state index contributed by atoms with van der Waals surface area (Å²) >= 11 is 0. The third kappa shape index (κ3) is 4.16. The molecule has 0 amide bonds. The first-order chi connectivity index (χ1) is 8.02. The topological polar surface area (TPSA) is 76.0 Å². The Hall–Kier alpha value is -2.01. The molecule has 92 valence electrons. The van der Waals surface area contributed by atoms with Crippen LogP contribution in [0, 0.1) is 0 Å². The summed E-state index contributed by atoms with van der Waals surface area (Å²) in [4.78, 5) is 10.4. The van der Waals surface area contributed by atoms with Gasteiger partial charge in [0.05, 0.1) is 7.11 Å². The summed E-state index contributed by atoms with van der Waals surface area (Å²) in [5, 5.41) is 17.6. The quantitative estimate of drug-likeness (QED) is 0.600. The summed E-state index contributed by atoms with van der Waals surface area (Å²) in [6.07, 6.45) is 1.53. The molecule has 0 aliphatic heterocycles. The Morgan fingerprint density at radius 3 is 2.65 bits per heavy atom. The molecule has 5 nitrogen and oxygen atoms in total. The highest BCUT2D eigenvalue weighted by Crippen LogP contribution is 2.29. The number of benzene rings is 1. The van der Waals surface area contributed by atoms with E-state index >= 15 is 0 Å². The van der Waals surface area contributed by atoms with Gasteiger partial charge in [0.1, 0.15) is 0 Å². The monoisotopic (exact) mass is 238 g/mol. The molecule has 1 aromatic rings. The van der Waals surface area contributed by atoms with Crippen molar-refractivity contribution < 1.29 is 24.5 Å². The predicted molar refractivity (Wildman–Crippen MR) is 62.0 cm³/mol. The second kappa shape index (κ2) is 5.91. The second-order valence-electron chi connectivity index (χ2n) is 3.30. The number of carbonyl (C=O) groups is 1. The van der Waals surface area contributed by atoms with Crippen LogP contribution in [-0.2, 0) is 4.79 Å². The van der Waals surface area contributed by atoms with Gasteiger partial charge in [0.2, 0.25) is 0 Å². The Balaban J connectivity index is 2.95. The van der Waals surface area contributed by atoms with Gasteiger partial charge in [0, 0.05) is 6.08 Å². The summed E-state index contributed by atoms with van der Waals surface area (Å²) in [7, 11) is 1.47. The van der Waals surface area contributed by atoms with Gasteiger partial charge in [0.15, 0.2) is 17.8 Å². The minimum atomic E-state index is -1.02. The summed E-state index contributed by atoms with van der Waals surface area (Å²) in [6, 6.07) is 4.89. The number of methoxy groups -OCH3 is 1. The molecule has 0 radical (unpaired) electrons. The second-order valence-corrected chi connectivity index (χ2v) is 3.30. The van der Waals surface area contributed by atoms with Gasteiger partial charge in [-0.05, 0) is 30.7 Å².